The summed E-state index contributed by atoms with van der Waals surface area (Å²) in [6.07, 6.45) is 5.44. The summed E-state index contributed by atoms with van der Waals surface area (Å²) in [6.45, 7) is 7.20. The predicted molar refractivity (Wildman–Crippen MR) is 85.2 cm³/mol. The first-order chi connectivity index (χ1) is 11.0. The highest BCUT2D eigenvalue weighted by Crippen LogP contribution is 2.33. The van der Waals surface area contributed by atoms with E-state index in [9.17, 15) is 9.90 Å². The number of H-pyrrole nitrogens is 1. The molecule has 1 fully saturated rings. The van der Waals surface area contributed by atoms with Gasteiger partial charge in [-0.25, -0.2) is 0 Å². The Bertz CT molecular complexity index is 690. The lowest BCUT2D eigenvalue weighted by atomic mass is 9.92. The molecule has 23 heavy (non-hydrogen) atoms. The lowest BCUT2D eigenvalue weighted by Crippen LogP contribution is -2.29. The number of amides is 1. The van der Waals surface area contributed by atoms with E-state index in [2.05, 4.69) is 29.1 Å². The van der Waals surface area contributed by atoms with Crippen molar-refractivity contribution in [1.82, 2.24) is 24.9 Å². The van der Waals surface area contributed by atoms with Gasteiger partial charge in [0, 0.05) is 49.5 Å². The molecule has 1 saturated heterocycles. The van der Waals surface area contributed by atoms with Gasteiger partial charge in [-0.2, -0.15) is 10.2 Å². The summed E-state index contributed by atoms with van der Waals surface area (Å²) in [5, 5.41) is 20.8. The highest BCUT2D eigenvalue weighted by molar-refractivity contribution is 5.95. The highest BCUT2D eigenvalue weighted by Gasteiger charge is 2.37. The molecule has 1 aliphatic heterocycles. The van der Waals surface area contributed by atoms with E-state index >= 15 is 0 Å². The molecule has 2 aromatic rings. The largest absolute Gasteiger partial charge is 0.396 e. The number of hydrogen-bond donors (Lipinski definition) is 2. The highest BCUT2D eigenvalue weighted by atomic mass is 16.3. The summed E-state index contributed by atoms with van der Waals surface area (Å²) in [4.78, 5) is 14.4. The molecule has 1 amide bonds. The van der Waals surface area contributed by atoms with Crippen LogP contribution in [0.5, 0.6) is 0 Å². The summed E-state index contributed by atoms with van der Waals surface area (Å²) in [5.74, 6) is 0.119. The Hall–Kier alpha value is -2.15. The Morgan fingerprint density at radius 3 is 2.78 bits per heavy atom. The van der Waals surface area contributed by atoms with Gasteiger partial charge < -0.3 is 10.0 Å². The summed E-state index contributed by atoms with van der Waals surface area (Å²) in [7, 11) is 0. The molecule has 124 valence electrons. The molecule has 0 radical (unpaired) electrons. The molecule has 0 aromatic carbocycles. The van der Waals surface area contributed by atoms with Crippen molar-refractivity contribution < 1.29 is 9.90 Å². The molecule has 7 heteroatoms. The van der Waals surface area contributed by atoms with Gasteiger partial charge in [0.1, 0.15) is 0 Å². The van der Waals surface area contributed by atoms with Gasteiger partial charge in [0.15, 0.2) is 0 Å². The van der Waals surface area contributed by atoms with Crippen molar-refractivity contribution in [3.63, 3.8) is 0 Å². The average Bonchev–Trinajstić information content (AvgIpc) is 3.24. The van der Waals surface area contributed by atoms with E-state index in [1.807, 2.05) is 24.0 Å². The normalized spacial score (nSPS) is 21.3. The van der Waals surface area contributed by atoms with Crippen LogP contribution in [0.25, 0.3) is 0 Å². The Balaban J connectivity index is 1.80. The minimum Gasteiger partial charge on any atom is -0.396 e. The number of hydrogen-bond acceptors (Lipinski definition) is 4. The first-order valence-corrected chi connectivity index (χ1v) is 7.95. The minimum absolute atomic E-state index is 0.0338. The molecule has 0 saturated carbocycles. The zero-order chi connectivity index (χ0) is 16.6. The molecule has 2 aromatic heterocycles. The van der Waals surface area contributed by atoms with Crippen molar-refractivity contribution in [2.75, 3.05) is 19.7 Å². The Morgan fingerprint density at radius 2 is 2.22 bits per heavy atom. The van der Waals surface area contributed by atoms with Crippen LogP contribution in [0.1, 0.15) is 47.4 Å². The number of nitrogens with zero attached hydrogens (tertiary/aromatic N) is 4. The van der Waals surface area contributed by atoms with Crippen LogP contribution in [0.2, 0.25) is 0 Å². The molecule has 0 bridgehead atoms. The Morgan fingerprint density at radius 1 is 1.43 bits per heavy atom. The van der Waals surface area contributed by atoms with Crippen LogP contribution in [0.3, 0.4) is 0 Å². The topological polar surface area (TPSA) is 87.0 Å². The molecular weight excluding hydrogens is 294 g/mol. The summed E-state index contributed by atoms with van der Waals surface area (Å²) in [6, 6.07) is 0.295. The number of aromatic nitrogens is 4. The van der Waals surface area contributed by atoms with Crippen LogP contribution in [0.4, 0.5) is 0 Å². The second-order valence-electron chi connectivity index (χ2n) is 6.52. The third-order valence-electron chi connectivity index (χ3n) is 4.60. The first-order valence-electron chi connectivity index (χ1n) is 7.95. The van der Waals surface area contributed by atoms with Crippen LogP contribution >= 0.6 is 0 Å². The average molecular weight is 317 g/mol. The number of likely N-dealkylation sites (tertiary alicyclic amines) is 1. The van der Waals surface area contributed by atoms with Crippen molar-refractivity contribution in [2.24, 2.45) is 5.92 Å². The summed E-state index contributed by atoms with van der Waals surface area (Å²) < 4.78 is 1.91. The number of aliphatic hydroxyl groups excluding tert-OH is 1. The fourth-order valence-electron chi connectivity index (χ4n) is 3.16. The standard InChI is InChI=1S/C16H23N5O2/c1-10(2)21-7-12(4-18-21)15-8-20(6-13(15)9-22)16(23)14-5-17-19-11(14)3/h4-5,7,10,13,15,22H,6,8-9H2,1-3H3,(H,17,19)/t13-,15-/m0/s1. The second-order valence-corrected chi connectivity index (χ2v) is 6.52. The fraction of sp³-hybridized carbons (Fsp3) is 0.562. The first kappa shape index (κ1) is 15.7. The van der Waals surface area contributed by atoms with Gasteiger partial charge in [0.25, 0.3) is 5.91 Å². The third-order valence-corrected chi connectivity index (χ3v) is 4.60. The smallest absolute Gasteiger partial charge is 0.257 e. The zero-order valence-electron chi connectivity index (χ0n) is 13.7. The molecule has 1 aliphatic rings. The van der Waals surface area contributed by atoms with Crippen molar-refractivity contribution in [3.8, 4) is 0 Å². The third kappa shape index (κ3) is 2.88. The Kier molecular flexibility index (Phi) is 4.21. The van der Waals surface area contributed by atoms with Gasteiger partial charge in [-0.1, -0.05) is 0 Å². The van der Waals surface area contributed by atoms with Crippen LogP contribution in [-0.4, -0.2) is 55.6 Å². The van der Waals surface area contributed by atoms with Gasteiger partial charge in [-0.05, 0) is 26.3 Å². The maximum Gasteiger partial charge on any atom is 0.257 e. The van der Waals surface area contributed by atoms with E-state index in [1.165, 1.54) is 0 Å². The fourth-order valence-corrected chi connectivity index (χ4v) is 3.16. The molecule has 3 rings (SSSR count). The number of aromatic amines is 1. The van der Waals surface area contributed by atoms with Crippen molar-refractivity contribution >= 4 is 5.91 Å². The van der Waals surface area contributed by atoms with E-state index in [-0.39, 0.29) is 24.3 Å². The number of nitrogens with one attached hydrogen (secondary N) is 1. The monoisotopic (exact) mass is 317 g/mol. The quantitative estimate of drug-likeness (QED) is 0.891. The van der Waals surface area contributed by atoms with Crippen LogP contribution < -0.4 is 0 Å². The summed E-state index contributed by atoms with van der Waals surface area (Å²) in [5.41, 5.74) is 2.45. The van der Waals surface area contributed by atoms with E-state index in [0.29, 0.717) is 24.7 Å². The van der Waals surface area contributed by atoms with E-state index < -0.39 is 0 Å². The zero-order valence-corrected chi connectivity index (χ0v) is 13.7. The van der Waals surface area contributed by atoms with Crippen molar-refractivity contribution in [3.05, 3.63) is 35.4 Å². The number of carbonyl (C=O) groups is 1. The van der Waals surface area contributed by atoms with E-state index in [1.54, 1.807) is 11.1 Å². The number of aliphatic hydroxyl groups is 1. The van der Waals surface area contributed by atoms with Gasteiger partial charge in [-0.15, -0.1) is 0 Å². The van der Waals surface area contributed by atoms with Gasteiger partial charge >= 0.3 is 0 Å². The van der Waals surface area contributed by atoms with Crippen molar-refractivity contribution in [1.29, 1.82) is 0 Å². The second kappa shape index (κ2) is 6.16. The SMILES string of the molecule is Cc1[nH]ncc1C(=O)N1C[C@@H](CO)[C@H](c2cnn(C(C)C)c2)C1. The number of rotatable bonds is 4. The van der Waals surface area contributed by atoms with Gasteiger partial charge in [-0.3, -0.25) is 14.6 Å². The number of aryl methyl sites for hydroxylation is 1. The molecule has 0 unspecified atom stereocenters. The van der Waals surface area contributed by atoms with Gasteiger partial charge in [0.05, 0.1) is 18.0 Å². The minimum atomic E-state index is -0.0338. The summed E-state index contributed by atoms with van der Waals surface area (Å²) >= 11 is 0. The lowest BCUT2D eigenvalue weighted by Gasteiger charge is -2.15. The molecule has 2 N–H and O–H groups in total. The van der Waals surface area contributed by atoms with Crippen molar-refractivity contribution in [2.45, 2.75) is 32.7 Å². The van der Waals surface area contributed by atoms with Crippen LogP contribution in [0.15, 0.2) is 18.6 Å². The van der Waals surface area contributed by atoms with Crippen LogP contribution in [0, 0.1) is 12.8 Å². The van der Waals surface area contributed by atoms with Crippen LogP contribution in [-0.2, 0) is 0 Å². The molecule has 0 spiro atoms. The molecule has 7 nitrogen and oxygen atoms in total. The molecular formula is C16H23N5O2. The molecule has 0 aliphatic carbocycles. The van der Waals surface area contributed by atoms with E-state index in [0.717, 1.165) is 11.3 Å². The molecule has 3 heterocycles. The predicted octanol–water partition coefficient (Wildman–Crippen LogP) is 1.34. The Labute approximate surface area is 135 Å². The van der Waals surface area contributed by atoms with Gasteiger partial charge in [0.2, 0.25) is 0 Å². The van der Waals surface area contributed by atoms with E-state index in [4.69, 9.17) is 0 Å². The lowest BCUT2D eigenvalue weighted by molar-refractivity contribution is 0.0780. The molecule has 2 atom stereocenters. The maximum atomic E-state index is 12.6. The number of carbonyl (C=O) groups excluding carboxylic acids is 1. The maximum absolute atomic E-state index is 12.6.